The molecule has 0 bridgehead atoms. The van der Waals surface area contributed by atoms with E-state index in [4.69, 9.17) is 9.47 Å². The van der Waals surface area contributed by atoms with Crippen molar-refractivity contribution < 1.29 is 14.3 Å². The van der Waals surface area contributed by atoms with Crippen LogP contribution >= 0.6 is 0 Å². The van der Waals surface area contributed by atoms with Crippen LogP contribution in [0.1, 0.15) is 49.7 Å². The molecule has 1 saturated carbocycles. The molecule has 1 aliphatic rings. The summed E-state index contributed by atoms with van der Waals surface area (Å²) in [6, 6.07) is 8.19. The molecule has 0 heterocycles. The van der Waals surface area contributed by atoms with Gasteiger partial charge in [-0.05, 0) is 56.2 Å². The maximum Gasteiger partial charge on any atom is 0.384 e. The summed E-state index contributed by atoms with van der Waals surface area (Å²) in [7, 11) is 1.79. The van der Waals surface area contributed by atoms with E-state index in [0.29, 0.717) is 18.6 Å². The molecule has 3 nitrogen and oxygen atoms in total. The molecule has 2 rings (SSSR count). The third-order valence-electron chi connectivity index (χ3n) is 3.97. The minimum Gasteiger partial charge on any atom is -0.456 e. The monoisotopic (exact) mass is 286 g/mol. The lowest BCUT2D eigenvalue weighted by atomic mass is 9.82. The molecule has 0 N–H and O–H groups in total. The minimum absolute atomic E-state index is 0.358. The highest BCUT2D eigenvalue weighted by molar-refractivity contribution is 5.89. The molecule has 0 saturated heterocycles. The van der Waals surface area contributed by atoms with Gasteiger partial charge in [0.05, 0.1) is 12.7 Å². The normalized spacial score (nSPS) is 21.2. The Labute approximate surface area is 126 Å². The number of ether oxygens (including phenoxy) is 2. The maximum absolute atomic E-state index is 11.2. The molecule has 0 unspecified atom stereocenters. The predicted molar refractivity (Wildman–Crippen MR) is 82.0 cm³/mol. The molecule has 3 heteroatoms. The van der Waals surface area contributed by atoms with Gasteiger partial charge in [-0.1, -0.05) is 18.1 Å². The Balaban J connectivity index is 1.95. The lowest BCUT2D eigenvalue weighted by Gasteiger charge is -2.27. The van der Waals surface area contributed by atoms with Crippen LogP contribution in [-0.4, -0.2) is 25.8 Å². The van der Waals surface area contributed by atoms with Crippen LogP contribution in [0.2, 0.25) is 0 Å². The number of hydrogen-bond acceptors (Lipinski definition) is 3. The van der Waals surface area contributed by atoms with Crippen molar-refractivity contribution in [2.45, 2.75) is 44.6 Å². The summed E-state index contributed by atoms with van der Waals surface area (Å²) in [5.41, 5.74) is 2.20. The van der Waals surface area contributed by atoms with Crippen LogP contribution in [0, 0.1) is 11.8 Å². The summed E-state index contributed by atoms with van der Waals surface area (Å²) >= 11 is 0. The van der Waals surface area contributed by atoms with Crippen LogP contribution in [0.15, 0.2) is 24.3 Å². The number of esters is 1. The van der Waals surface area contributed by atoms with Crippen LogP contribution in [0.3, 0.4) is 0 Å². The van der Waals surface area contributed by atoms with E-state index in [9.17, 15) is 4.79 Å². The molecule has 0 atom stereocenters. The lowest BCUT2D eigenvalue weighted by molar-refractivity contribution is -0.136. The topological polar surface area (TPSA) is 35.5 Å². The van der Waals surface area contributed by atoms with Gasteiger partial charge in [0, 0.05) is 18.6 Å². The van der Waals surface area contributed by atoms with Gasteiger partial charge < -0.3 is 9.47 Å². The van der Waals surface area contributed by atoms with Gasteiger partial charge in [0.25, 0.3) is 0 Å². The Morgan fingerprint density at radius 3 is 2.43 bits per heavy atom. The van der Waals surface area contributed by atoms with E-state index >= 15 is 0 Å². The van der Waals surface area contributed by atoms with Crippen molar-refractivity contribution in [2.75, 3.05) is 13.7 Å². The first kappa shape index (κ1) is 15.6. The summed E-state index contributed by atoms with van der Waals surface area (Å²) in [5.74, 6) is 5.46. The van der Waals surface area contributed by atoms with E-state index in [1.54, 1.807) is 14.0 Å². The van der Waals surface area contributed by atoms with Crippen molar-refractivity contribution in [1.29, 1.82) is 0 Å². The van der Waals surface area contributed by atoms with Crippen LogP contribution < -0.4 is 0 Å². The first-order valence-electron chi connectivity index (χ1n) is 7.54. The lowest BCUT2D eigenvalue weighted by Crippen LogP contribution is -2.19. The van der Waals surface area contributed by atoms with Crippen LogP contribution in [-0.2, 0) is 14.3 Å². The molecular weight excluding hydrogens is 264 g/mol. The molecule has 0 aliphatic heterocycles. The van der Waals surface area contributed by atoms with E-state index in [-0.39, 0.29) is 0 Å². The van der Waals surface area contributed by atoms with Crippen LogP contribution in [0.4, 0.5) is 0 Å². The highest BCUT2D eigenvalue weighted by Gasteiger charge is 2.21. The highest BCUT2D eigenvalue weighted by Crippen LogP contribution is 2.33. The Morgan fingerprint density at radius 1 is 1.19 bits per heavy atom. The summed E-state index contributed by atoms with van der Waals surface area (Å²) in [6.45, 7) is 2.13. The van der Waals surface area contributed by atoms with E-state index in [1.165, 1.54) is 18.4 Å². The van der Waals surface area contributed by atoms with E-state index in [0.717, 1.165) is 18.4 Å². The van der Waals surface area contributed by atoms with Gasteiger partial charge in [-0.15, -0.1) is 0 Å². The van der Waals surface area contributed by atoms with Crippen molar-refractivity contribution in [1.82, 2.24) is 0 Å². The van der Waals surface area contributed by atoms with Gasteiger partial charge in [-0.2, -0.15) is 0 Å². The van der Waals surface area contributed by atoms with Crippen molar-refractivity contribution in [2.24, 2.45) is 0 Å². The Hall–Kier alpha value is -1.79. The first-order chi connectivity index (χ1) is 10.2. The number of carbonyl (C=O) groups is 1. The largest absolute Gasteiger partial charge is 0.456 e. The number of hydrogen-bond donors (Lipinski definition) is 0. The molecule has 1 aromatic rings. The Bertz CT molecular complexity index is 514. The second kappa shape index (κ2) is 7.85. The average Bonchev–Trinajstić information content (AvgIpc) is 2.54. The van der Waals surface area contributed by atoms with E-state index < -0.39 is 5.97 Å². The molecule has 1 aliphatic carbocycles. The quantitative estimate of drug-likeness (QED) is 0.632. The highest BCUT2D eigenvalue weighted by atomic mass is 16.5. The van der Waals surface area contributed by atoms with Crippen molar-refractivity contribution in [3.8, 4) is 11.8 Å². The molecule has 21 heavy (non-hydrogen) atoms. The van der Waals surface area contributed by atoms with Gasteiger partial charge in [0.15, 0.2) is 0 Å². The Kier molecular flexibility index (Phi) is 5.83. The third kappa shape index (κ3) is 4.61. The molecule has 112 valence electrons. The number of carbonyl (C=O) groups excluding carboxylic acids is 1. The second-order valence-electron chi connectivity index (χ2n) is 5.30. The van der Waals surface area contributed by atoms with Gasteiger partial charge >= 0.3 is 5.97 Å². The fraction of sp³-hybridized carbons (Fsp3) is 0.500. The fourth-order valence-electron chi connectivity index (χ4n) is 2.76. The molecule has 0 amide bonds. The van der Waals surface area contributed by atoms with Gasteiger partial charge in [0.2, 0.25) is 0 Å². The summed E-state index contributed by atoms with van der Waals surface area (Å²) in [4.78, 5) is 11.2. The number of benzene rings is 1. The van der Waals surface area contributed by atoms with E-state index in [1.807, 2.05) is 12.1 Å². The van der Waals surface area contributed by atoms with Gasteiger partial charge in [-0.25, -0.2) is 4.79 Å². The van der Waals surface area contributed by atoms with E-state index in [2.05, 4.69) is 24.0 Å². The number of rotatable bonds is 3. The zero-order valence-corrected chi connectivity index (χ0v) is 12.7. The summed E-state index contributed by atoms with van der Waals surface area (Å²) in [5, 5.41) is 0. The van der Waals surface area contributed by atoms with Crippen molar-refractivity contribution in [3.63, 3.8) is 0 Å². The molecule has 0 radical (unpaired) electrons. The molecule has 1 fully saturated rings. The predicted octanol–water partition coefficient (Wildman–Crippen LogP) is 3.27. The SMILES string of the molecule is CCOC(=O)C#Cc1ccc(C2CCC(OC)CC2)cc1. The second-order valence-corrected chi connectivity index (χ2v) is 5.30. The van der Waals surface area contributed by atoms with Crippen molar-refractivity contribution in [3.05, 3.63) is 35.4 Å². The molecule has 1 aromatic carbocycles. The molecule has 0 aromatic heterocycles. The Morgan fingerprint density at radius 2 is 1.86 bits per heavy atom. The third-order valence-corrected chi connectivity index (χ3v) is 3.97. The van der Waals surface area contributed by atoms with Crippen LogP contribution in [0.25, 0.3) is 0 Å². The van der Waals surface area contributed by atoms with Gasteiger partial charge in [-0.3, -0.25) is 0 Å². The first-order valence-corrected chi connectivity index (χ1v) is 7.54. The van der Waals surface area contributed by atoms with Crippen LogP contribution in [0.5, 0.6) is 0 Å². The zero-order valence-electron chi connectivity index (χ0n) is 12.7. The zero-order chi connectivity index (χ0) is 15.1. The van der Waals surface area contributed by atoms with Gasteiger partial charge in [0.1, 0.15) is 0 Å². The maximum atomic E-state index is 11.2. The molecular formula is C18H22O3. The minimum atomic E-state index is -0.473. The van der Waals surface area contributed by atoms with Crippen molar-refractivity contribution >= 4 is 5.97 Å². The molecule has 0 spiro atoms. The summed E-state index contributed by atoms with van der Waals surface area (Å²) < 4.78 is 10.2. The smallest absolute Gasteiger partial charge is 0.384 e. The number of methoxy groups -OCH3 is 1. The fourth-order valence-corrected chi connectivity index (χ4v) is 2.76. The standard InChI is InChI=1S/C18H22O3/c1-3-21-18(19)13-6-14-4-7-15(8-5-14)16-9-11-17(20-2)12-10-16/h4-5,7-8,16-17H,3,9-12H2,1-2H3. The summed E-state index contributed by atoms with van der Waals surface area (Å²) in [6.07, 6.45) is 5.03. The average molecular weight is 286 g/mol.